The van der Waals surface area contributed by atoms with Crippen LogP contribution in [0.25, 0.3) is 0 Å². The predicted molar refractivity (Wildman–Crippen MR) is 75.9 cm³/mol. The molecule has 1 aromatic carbocycles. The number of carbonyl (C=O) groups is 1. The number of likely N-dealkylation sites (tertiary alicyclic amines) is 1. The van der Waals surface area contributed by atoms with Crippen LogP contribution in [0, 0.1) is 17.6 Å². The average Bonchev–Trinajstić information content (AvgIpc) is 2.42. The highest BCUT2D eigenvalue weighted by molar-refractivity contribution is 5.94. The lowest BCUT2D eigenvalue weighted by Gasteiger charge is -2.32. The van der Waals surface area contributed by atoms with E-state index in [4.69, 9.17) is 5.73 Å². The number of amides is 1. The molecule has 1 unspecified atom stereocenters. The summed E-state index contributed by atoms with van der Waals surface area (Å²) in [5.74, 6) is -2.12. The van der Waals surface area contributed by atoms with Gasteiger partial charge >= 0.3 is 0 Å². The fourth-order valence-corrected chi connectivity index (χ4v) is 2.56. The second kappa shape index (κ2) is 7.55. The van der Waals surface area contributed by atoms with Crippen LogP contribution in [0.3, 0.4) is 0 Å². The van der Waals surface area contributed by atoms with Crippen LogP contribution in [0.1, 0.15) is 29.6 Å². The molecule has 112 valence electrons. The van der Waals surface area contributed by atoms with Crippen LogP contribution in [-0.4, -0.2) is 30.4 Å². The normalized spacial score (nSPS) is 18.6. The van der Waals surface area contributed by atoms with Crippen LogP contribution >= 0.6 is 12.4 Å². The van der Waals surface area contributed by atoms with Gasteiger partial charge in [0.2, 0.25) is 0 Å². The molecule has 0 aromatic heterocycles. The molecule has 1 fully saturated rings. The first-order chi connectivity index (χ1) is 9.13. The molecule has 6 heteroatoms. The standard InChI is InChI=1S/C14H18F2N2O.ClH/c15-12-5-1-4-11(13(12)16)14(19)18-8-2-3-10(9-18)6-7-17;/h1,4-5,10H,2-3,6-9,17H2;1H. The highest BCUT2D eigenvalue weighted by Crippen LogP contribution is 2.22. The zero-order chi connectivity index (χ0) is 13.8. The van der Waals surface area contributed by atoms with Gasteiger partial charge in [0.25, 0.3) is 5.91 Å². The quantitative estimate of drug-likeness (QED) is 0.933. The third kappa shape index (κ3) is 3.67. The molecule has 0 radical (unpaired) electrons. The third-order valence-electron chi connectivity index (χ3n) is 3.56. The number of nitrogens with zero attached hydrogens (tertiary/aromatic N) is 1. The number of nitrogens with two attached hydrogens (primary N) is 1. The van der Waals surface area contributed by atoms with Crippen molar-refractivity contribution in [3.05, 3.63) is 35.4 Å². The van der Waals surface area contributed by atoms with Crippen LogP contribution in [0.2, 0.25) is 0 Å². The summed E-state index contributed by atoms with van der Waals surface area (Å²) in [6.07, 6.45) is 2.77. The Labute approximate surface area is 123 Å². The van der Waals surface area contributed by atoms with E-state index in [-0.39, 0.29) is 18.0 Å². The molecule has 2 rings (SSSR count). The minimum absolute atomic E-state index is 0. The van der Waals surface area contributed by atoms with Crippen molar-refractivity contribution in [3.63, 3.8) is 0 Å². The molecule has 1 heterocycles. The van der Waals surface area contributed by atoms with Gasteiger partial charge in [0.05, 0.1) is 5.56 Å². The second-order valence-corrected chi connectivity index (χ2v) is 4.94. The Morgan fingerprint density at radius 1 is 1.40 bits per heavy atom. The molecule has 0 saturated carbocycles. The summed E-state index contributed by atoms with van der Waals surface area (Å²) in [5.41, 5.74) is 5.34. The topological polar surface area (TPSA) is 46.3 Å². The third-order valence-corrected chi connectivity index (χ3v) is 3.56. The van der Waals surface area contributed by atoms with Gasteiger partial charge < -0.3 is 10.6 Å². The molecule has 0 aliphatic carbocycles. The summed E-state index contributed by atoms with van der Waals surface area (Å²) in [6.45, 7) is 1.75. The Kier molecular flexibility index (Phi) is 6.36. The van der Waals surface area contributed by atoms with E-state index < -0.39 is 17.5 Å². The molecule has 2 N–H and O–H groups in total. The molecule has 1 atom stereocenters. The van der Waals surface area contributed by atoms with E-state index in [2.05, 4.69) is 0 Å². The summed E-state index contributed by atoms with van der Waals surface area (Å²) in [5, 5.41) is 0. The Morgan fingerprint density at radius 2 is 2.15 bits per heavy atom. The van der Waals surface area contributed by atoms with E-state index in [0.29, 0.717) is 25.6 Å². The Bertz CT molecular complexity index is 468. The fraction of sp³-hybridized carbons (Fsp3) is 0.500. The summed E-state index contributed by atoms with van der Waals surface area (Å²) >= 11 is 0. The number of hydrogen-bond donors (Lipinski definition) is 1. The zero-order valence-electron chi connectivity index (χ0n) is 11.1. The van der Waals surface area contributed by atoms with Gasteiger partial charge in [-0.15, -0.1) is 12.4 Å². The van der Waals surface area contributed by atoms with Gasteiger partial charge in [-0.25, -0.2) is 8.78 Å². The first-order valence-electron chi connectivity index (χ1n) is 6.57. The molecule has 20 heavy (non-hydrogen) atoms. The Hall–Kier alpha value is -1.20. The monoisotopic (exact) mass is 304 g/mol. The number of piperidine rings is 1. The van der Waals surface area contributed by atoms with Crippen molar-refractivity contribution in [1.82, 2.24) is 4.90 Å². The smallest absolute Gasteiger partial charge is 0.256 e. The number of halogens is 3. The second-order valence-electron chi connectivity index (χ2n) is 4.94. The maximum Gasteiger partial charge on any atom is 0.256 e. The first kappa shape index (κ1) is 16.9. The van der Waals surface area contributed by atoms with Crippen molar-refractivity contribution >= 4 is 18.3 Å². The van der Waals surface area contributed by atoms with Gasteiger partial charge in [0.15, 0.2) is 11.6 Å². The molecule has 1 saturated heterocycles. The van der Waals surface area contributed by atoms with Crippen molar-refractivity contribution in [3.8, 4) is 0 Å². The molecule has 1 aliphatic rings. The van der Waals surface area contributed by atoms with Gasteiger partial charge in [-0.3, -0.25) is 4.79 Å². The number of carbonyl (C=O) groups excluding carboxylic acids is 1. The zero-order valence-corrected chi connectivity index (χ0v) is 12.0. The van der Waals surface area contributed by atoms with Gasteiger partial charge in [-0.1, -0.05) is 6.07 Å². The summed E-state index contributed by atoms with van der Waals surface area (Å²) < 4.78 is 26.8. The van der Waals surface area contributed by atoms with Gasteiger partial charge in [-0.05, 0) is 43.9 Å². The van der Waals surface area contributed by atoms with Crippen LogP contribution in [0.15, 0.2) is 18.2 Å². The Balaban J connectivity index is 0.00000200. The lowest BCUT2D eigenvalue weighted by molar-refractivity contribution is 0.0663. The SMILES string of the molecule is Cl.NCCC1CCCN(C(=O)c2cccc(F)c2F)C1. The van der Waals surface area contributed by atoms with E-state index in [1.54, 1.807) is 4.90 Å². The Morgan fingerprint density at radius 3 is 2.85 bits per heavy atom. The van der Waals surface area contributed by atoms with Crippen LogP contribution in [-0.2, 0) is 0 Å². The largest absolute Gasteiger partial charge is 0.338 e. The van der Waals surface area contributed by atoms with E-state index >= 15 is 0 Å². The minimum Gasteiger partial charge on any atom is -0.338 e. The van der Waals surface area contributed by atoms with Crippen LogP contribution in [0.5, 0.6) is 0 Å². The fourth-order valence-electron chi connectivity index (χ4n) is 2.56. The van der Waals surface area contributed by atoms with Crippen molar-refractivity contribution in [2.75, 3.05) is 19.6 Å². The first-order valence-corrected chi connectivity index (χ1v) is 6.57. The van der Waals surface area contributed by atoms with Crippen molar-refractivity contribution in [1.29, 1.82) is 0 Å². The van der Waals surface area contributed by atoms with Crippen molar-refractivity contribution < 1.29 is 13.6 Å². The lowest BCUT2D eigenvalue weighted by Crippen LogP contribution is -2.40. The molecule has 1 amide bonds. The van der Waals surface area contributed by atoms with E-state index in [9.17, 15) is 13.6 Å². The van der Waals surface area contributed by atoms with Crippen molar-refractivity contribution in [2.45, 2.75) is 19.3 Å². The minimum atomic E-state index is -1.06. The molecule has 0 spiro atoms. The average molecular weight is 305 g/mol. The molecule has 3 nitrogen and oxygen atoms in total. The predicted octanol–water partition coefficient (Wildman–Crippen LogP) is 2.59. The van der Waals surface area contributed by atoms with Gasteiger partial charge in [0, 0.05) is 13.1 Å². The molecular weight excluding hydrogens is 286 g/mol. The summed E-state index contributed by atoms with van der Waals surface area (Å²) in [4.78, 5) is 13.8. The highest BCUT2D eigenvalue weighted by atomic mass is 35.5. The maximum absolute atomic E-state index is 13.6. The molecule has 1 aromatic rings. The van der Waals surface area contributed by atoms with Crippen molar-refractivity contribution in [2.24, 2.45) is 11.7 Å². The van der Waals surface area contributed by atoms with Crippen LogP contribution < -0.4 is 5.73 Å². The van der Waals surface area contributed by atoms with E-state index in [1.165, 1.54) is 12.1 Å². The summed E-state index contributed by atoms with van der Waals surface area (Å²) in [7, 11) is 0. The van der Waals surface area contributed by atoms with Crippen LogP contribution in [0.4, 0.5) is 8.78 Å². The van der Waals surface area contributed by atoms with E-state index in [0.717, 1.165) is 25.3 Å². The molecular formula is C14H19ClF2N2O. The van der Waals surface area contributed by atoms with Gasteiger partial charge in [-0.2, -0.15) is 0 Å². The number of rotatable bonds is 3. The molecule has 0 bridgehead atoms. The maximum atomic E-state index is 13.6. The number of hydrogen-bond acceptors (Lipinski definition) is 2. The molecule has 1 aliphatic heterocycles. The van der Waals surface area contributed by atoms with Gasteiger partial charge in [0.1, 0.15) is 0 Å². The highest BCUT2D eigenvalue weighted by Gasteiger charge is 2.26. The summed E-state index contributed by atoms with van der Waals surface area (Å²) in [6, 6.07) is 3.69. The lowest BCUT2D eigenvalue weighted by atomic mass is 9.94. The van der Waals surface area contributed by atoms with E-state index in [1.807, 2.05) is 0 Å². The number of benzene rings is 1.